The van der Waals surface area contributed by atoms with Crippen LogP contribution in [-0.4, -0.2) is 76.9 Å². The molecule has 1 amide bonds. The van der Waals surface area contributed by atoms with Gasteiger partial charge in [0.2, 0.25) is 0 Å². The average Bonchev–Trinajstić information content (AvgIpc) is 2.11. The summed E-state index contributed by atoms with van der Waals surface area (Å²) < 4.78 is 1.50. The van der Waals surface area contributed by atoms with Crippen molar-refractivity contribution in [2.75, 3.05) is 34.7 Å². The molecule has 0 aromatic heterocycles. The van der Waals surface area contributed by atoms with Crippen molar-refractivity contribution in [3.63, 3.8) is 0 Å². The van der Waals surface area contributed by atoms with Gasteiger partial charge in [0.25, 0.3) is 0 Å². The normalized spacial score (nSPS) is 14.5. The molecule has 0 heterocycles. The molecule has 0 N–H and O–H groups in total. The third-order valence-corrected chi connectivity index (χ3v) is 12.1. The maximum atomic E-state index is 12.7. The van der Waals surface area contributed by atoms with Crippen LogP contribution in [0.4, 0.5) is 0 Å². The molecule has 5 heteroatoms. The van der Waals surface area contributed by atoms with Gasteiger partial charge in [-0.2, -0.15) is 0 Å². The summed E-state index contributed by atoms with van der Waals surface area (Å²) in [5, 5.41) is 1.18. The first-order valence-electron chi connectivity index (χ1n) is 6.89. The van der Waals surface area contributed by atoms with Gasteiger partial charge in [-0.15, -0.1) is 0 Å². The summed E-state index contributed by atoms with van der Waals surface area (Å²) in [6.45, 7) is 7.81. The van der Waals surface area contributed by atoms with Crippen LogP contribution in [-0.2, 0) is 4.79 Å². The predicted octanol–water partition coefficient (Wildman–Crippen LogP) is 2.69. The fourth-order valence-corrected chi connectivity index (χ4v) is 14.4. The van der Waals surface area contributed by atoms with Gasteiger partial charge in [-0.05, 0) is 0 Å². The van der Waals surface area contributed by atoms with Gasteiger partial charge in [-0.25, -0.2) is 0 Å². The second-order valence-corrected chi connectivity index (χ2v) is 27.4. The summed E-state index contributed by atoms with van der Waals surface area (Å²) >= 11 is -2.29. The Morgan fingerprint density at radius 1 is 1.00 bits per heavy atom. The molecule has 0 radical (unpaired) electrons. The summed E-state index contributed by atoms with van der Waals surface area (Å²) in [4.78, 5) is 23.9. The first-order chi connectivity index (χ1) is 8.28. The van der Waals surface area contributed by atoms with Crippen LogP contribution in [0.1, 0.15) is 0 Å². The maximum absolute atomic E-state index is 12.7. The number of carbonyl (C=O) groups is 1. The van der Waals surface area contributed by atoms with Crippen LogP contribution in [0.2, 0.25) is 34.5 Å². The zero-order valence-corrected chi connectivity index (χ0v) is 18.4. The second kappa shape index (κ2) is 6.76. The number of rotatable bonds is 5. The Kier molecular flexibility index (Phi) is 6.83. The molecule has 0 spiro atoms. The van der Waals surface area contributed by atoms with Crippen molar-refractivity contribution >= 4 is 32.4 Å². The Morgan fingerprint density at radius 2 is 1.42 bits per heavy atom. The van der Waals surface area contributed by atoms with Crippen molar-refractivity contribution in [2.24, 2.45) is 0 Å². The predicted molar refractivity (Wildman–Crippen MR) is 91.0 cm³/mol. The number of likely N-dealkylation sites (N-methyl/N-ethyl adjacent to an activating group) is 2. The monoisotopic (exact) mass is 392 g/mol. The molecular formula is C14H32N2OSiSn. The van der Waals surface area contributed by atoms with Crippen LogP contribution < -0.4 is 0 Å². The summed E-state index contributed by atoms with van der Waals surface area (Å²) in [5.41, 5.74) is 0. The topological polar surface area (TPSA) is 23.6 Å². The SMILES string of the molecule is CN(C)C/[C](=C(/C(=O)N(C)C)[Si](C)(C)C)[Sn]([CH3])([CH3])[CH3]. The zero-order valence-electron chi connectivity index (χ0n) is 14.5. The molecular weight excluding hydrogens is 359 g/mol. The number of nitrogens with zero attached hydrogens (tertiary/aromatic N) is 2. The zero-order chi connectivity index (χ0) is 15.6. The molecule has 0 aliphatic rings. The van der Waals surface area contributed by atoms with E-state index in [1.807, 2.05) is 14.1 Å². The van der Waals surface area contributed by atoms with Crippen LogP contribution in [0.15, 0.2) is 8.79 Å². The molecule has 3 nitrogen and oxygen atoms in total. The molecule has 0 aromatic rings. The number of hydrogen-bond donors (Lipinski definition) is 0. The Labute approximate surface area is 124 Å². The van der Waals surface area contributed by atoms with E-state index in [2.05, 4.69) is 53.5 Å². The van der Waals surface area contributed by atoms with E-state index in [1.54, 1.807) is 4.90 Å². The number of amides is 1. The molecule has 0 saturated carbocycles. The van der Waals surface area contributed by atoms with Gasteiger partial charge in [0, 0.05) is 0 Å². The van der Waals surface area contributed by atoms with Gasteiger partial charge in [0.15, 0.2) is 0 Å². The molecule has 0 bridgehead atoms. The Morgan fingerprint density at radius 3 is 1.63 bits per heavy atom. The van der Waals surface area contributed by atoms with E-state index in [0.717, 1.165) is 6.54 Å². The van der Waals surface area contributed by atoms with Crippen LogP contribution in [0.5, 0.6) is 0 Å². The number of hydrogen-bond acceptors (Lipinski definition) is 2. The molecule has 0 aliphatic heterocycles. The van der Waals surface area contributed by atoms with E-state index >= 15 is 0 Å². The van der Waals surface area contributed by atoms with Crippen molar-refractivity contribution in [3.05, 3.63) is 8.79 Å². The third-order valence-electron chi connectivity index (χ3n) is 3.05. The van der Waals surface area contributed by atoms with Gasteiger partial charge in [-0.3, -0.25) is 0 Å². The van der Waals surface area contributed by atoms with E-state index in [9.17, 15) is 4.79 Å². The molecule has 0 atom stereocenters. The summed E-state index contributed by atoms with van der Waals surface area (Å²) in [7, 11) is 6.29. The molecule has 0 aliphatic carbocycles. The van der Waals surface area contributed by atoms with Crippen molar-refractivity contribution in [2.45, 2.75) is 34.5 Å². The standard InChI is InChI=1S/C11H23N2OSi.3CH3.Sn/c1-12(2)9-8-10(15(5,6)7)11(14)13(3)4;;;;/h9H2,1-7H3;3*1H3;. The summed E-state index contributed by atoms with van der Waals surface area (Å²) in [5.74, 6) is 0.239. The first-order valence-corrected chi connectivity index (χ1v) is 20.4. The number of carbonyl (C=O) groups excluding carboxylic acids is 1. The van der Waals surface area contributed by atoms with E-state index in [1.165, 1.54) is 8.79 Å². The van der Waals surface area contributed by atoms with Gasteiger partial charge >= 0.3 is 125 Å². The van der Waals surface area contributed by atoms with Gasteiger partial charge in [0.1, 0.15) is 0 Å². The van der Waals surface area contributed by atoms with Crippen LogP contribution in [0, 0.1) is 0 Å². The Bertz CT molecular complexity index is 363. The fourth-order valence-electron chi connectivity index (χ4n) is 2.13. The molecule has 0 fully saturated rings. The van der Waals surface area contributed by atoms with Gasteiger partial charge in [-0.1, -0.05) is 0 Å². The van der Waals surface area contributed by atoms with Crippen LogP contribution >= 0.6 is 0 Å². The molecule has 0 aromatic carbocycles. The minimum absolute atomic E-state index is 0.239. The second-order valence-electron chi connectivity index (χ2n) is 7.79. The molecule has 19 heavy (non-hydrogen) atoms. The molecule has 112 valence electrons. The summed E-state index contributed by atoms with van der Waals surface area (Å²) in [6, 6.07) is 0. The van der Waals surface area contributed by atoms with Crippen LogP contribution in [0.25, 0.3) is 0 Å². The first kappa shape index (κ1) is 19.2. The Hall–Kier alpha value is 0.186. The Balaban J connectivity index is 6.08. The quantitative estimate of drug-likeness (QED) is 0.532. The van der Waals surface area contributed by atoms with E-state index in [-0.39, 0.29) is 5.91 Å². The van der Waals surface area contributed by atoms with Crippen molar-refractivity contribution < 1.29 is 4.79 Å². The summed E-state index contributed by atoms with van der Waals surface area (Å²) in [6.07, 6.45) is 0. The average molecular weight is 391 g/mol. The van der Waals surface area contributed by atoms with Gasteiger partial charge < -0.3 is 0 Å². The third kappa shape index (κ3) is 6.00. The van der Waals surface area contributed by atoms with Crippen molar-refractivity contribution in [3.8, 4) is 0 Å². The molecule has 0 saturated heterocycles. The molecule has 0 unspecified atom stereocenters. The van der Waals surface area contributed by atoms with Crippen molar-refractivity contribution in [1.82, 2.24) is 9.80 Å². The van der Waals surface area contributed by atoms with Crippen molar-refractivity contribution in [1.29, 1.82) is 0 Å². The van der Waals surface area contributed by atoms with E-state index < -0.39 is 26.5 Å². The van der Waals surface area contributed by atoms with Gasteiger partial charge in [0.05, 0.1) is 0 Å². The van der Waals surface area contributed by atoms with Crippen LogP contribution in [0.3, 0.4) is 0 Å². The van der Waals surface area contributed by atoms with E-state index in [0.29, 0.717) is 0 Å². The molecule has 0 rings (SSSR count). The minimum atomic E-state index is -2.29. The fraction of sp³-hybridized carbons (Fsp3) is 0.786. The van der Waals surface area contributed by atoms with E-state index in [4.69, 9.17) is 0 Å².